The molecule has 0 spiro atoms. The van der Waals surface area contributed by atoms with E-state index in [9.17, 15) is 19.5 Å². The van der Waals surface area contributed by atoms with Gasteiger partial charge in [-0.3, -0.25) is 9.59 Å². The number of alkyl carbamates (subject to hydrolysis) is 1. The average molecular weight is 627 g/mol. The maximum absolute atomic E-state index is 13.6. The lowest BCUT2D eigenvalue weighted by molar-refractivity contribution is -0.125. The summed E-state index contributed by atoms with van der Waals surface area (Å²) >= 11 is 0. The SMILES string of the molecule is CC(C)CC(NC(=O)OCc1ccccc1)C(=O)NC(CCc1ccccc1)C(O)c1nc(C(=O)N[C@H](C)c2ccccc2)co1. The fourth-order valence-corrected chi connectivity index (χ4v) is 4.96. The van der Waals surface area contributed by atoms with E-state index in [2.05, 4.69) is 20.9 Å². The van der Waals surface area contributed by atoms with Crippen LogP contribution in [0.5, 0.6) is 0 Å². The number of oxazole rings is 1. The summed E-state index contributed by atoms with van der Waals surface area (Å²) in [5.74, 6) is -0.974. The number of nitrogens with one attached hydrogen (secondary N) is 3. The maximum atomic E-state index is 13.6. The van der Waals surface area contributed by atoms with Gasteiger partial charge in [0.2, 0.25) is 11.8 Å². The number of carbonyl (C=O) groups is 3. The van der Waals surface area contributed by atoms with Crippen LogP contribution < -0.4 is 16.0 Å². The summed E-state index contributed by atoms with van der Waals surface area (Å²) < 4.78 is 10.9. The number of amides is 3. The third-order valence-corrected chi connectivity index (χ3v) is 7.48. The monoisotopic (exact) mass is 626 g/mol. The summed E-state index contributed by atoms with van der Waals surface area (Å²) in [5, 5.41) is 19.9. The zero-order valence-electron chi connectivity index (χ0n) is 26.4. The fourth-order valence-electron chi connectivity index (χ4n) is 4.96. The molecule has 1 heterocycles. The lowest BCUT2D eigenvalue weighted by Gasteiger charge is -2.26. The van der Waals surface area contributed by atoms with Crippen LogP contribution in [-0.2, 0) is 22.6 Å². The van der Waals surface area contributed by atoms with Crippen molar-refractivity contribution in [2.45, 2.75) is 70.9 Å². The van der Waals surface area contributed by atoms with Crippen LogP contribution in [0.3, 0.4) is 0 Å². The van der Waals surface area contributed by atoms with Crippen LogP contribution in [0.2, 0.25) is 0 Å². The van der Waals surface area contributed by atoms with Crippen molar-refractivity contribution in [1.82, 2.24) is 20.9 Å². The molecule has 10 nitrogen and oxygen atoms in total. The molecule has 0 fully saturated rings. The van der Waals surface area contributed by atoms with Crippen molar-refractivity contribution in [2.75, 3.05) is 0 Å². The molecule has 1 aromatic heterocycles. The normalized spacial score (nSPS) is 13.7. The van der Waals surface area contributed by atoms with Crippen molar-refractivity contribution >= 4 is 17.9 Å². The van der Waals surface area contributed by atoms with Crippen LogP contribution in [0.25, 0.3) is 0 Å². The van der Waals surface area contributed by atoms with E-state index in [1.807, 2.05) is 112 Å². The van der Waals surface area contributed by atoms with Gasteiger partial charge in [-0.05, 0) is 48.8 Å². The number of aryl methyl sites for hydroxylation is 1. The highest BCUT2D eigenvalue weighted by atomic mass is 16.5. The molecule has 0 saturated heterocycles. The Bertz CT molecular complexity index is 1530. The molecule has 10 heteroatoms. The van der Waals surface area contributed by atoms with Gasteiger partial charge in [-0.15, -0.1) is 0 Å². The third-order valence-electron chi connectivity index (χ3n) is 7.48. The minimum absolute atomic E-state index is 0.00507. The van der Waals surface area contributed by atoms with Gasteiger partial charge >= 0.3 is 6.09 Å². The van der Waals surface area contributed by atoms with Gasteiger partial charge in [0.25, 0.3) is 5.91 Å². The first-order valence-electron chi connectivity index (χ1n) is 15.5. The first-order chi connectivity index (χ1) is 22.2. The Kier molecular flexibility index (Phi) is 12.5. The van der Waals surface area contributed by atoms with Crippen molar-refractivity contribution < 1.29 is 28.6 Å². The largest absolute Gasteiger partial charge is 0.445 e. The molecule has 242 valence electrons. The van der Waals surface area contributed by atoms with E-state index in [0.29, 0.717) is 19.3 Å². The summed E-state index contributed by atoms with van der Waals surface area (Å²) in [6, 6.07) is 26.4. The summed E-state index contributed by atoms with van der Waals surface area (Å²) in [6.45, 7) is 5.80. The molecule has 0 bridgehead atoms. The second-order valence-corrected chi connectivity index (χ2v) is 11.6. The molecule has 0 aliphatic carbocycles. The number of rotatable bonds is 15. The number of ether oxygens (including phenoxy) is 1. The fraction of sp³-hybridized carbons (Fsp3) is 0.333. The number of carbonyl (C=O) groups excluding carboxylic acids is 3. The summed E-state index contributed by atoms with van der Waals surface area (Å²) in [7, 11) is 0. The highest BCUT2D eigenvalue weighted by Crippen LogP contribution is 2.22. The zero-order chi connectivity index (χ0) is 32.9. The third kappa shape index (κ3) is 10.3. The lowest BCUT2D eigenvalue weighted by Crippen LogP contribution is -2.51. The van der Waals surface area contributed by atoms with Gasteiger partial charge in [-0.25, -0.2) is 9.78 Å². The molecule has 0 radical (unpaired) electrons. The van der Waals surface area contributed by atoms with Crippen molar-refractivity contribution in [2.24, 2.45) is 5.92 Å². The average Bonchev–Trinajstić information content (AvgIpc) is 3.57. The predicted octanol–water partition coefficient (Wildman–Crippen LogP) is 5.66. The number of hydrogen-bond acceptors (Lipinski definition) is 7. The summed E-state index contributed by atoms with van der Waals surface area (Å²) in [4.78, 5) is 43.5. The summed E-state index contributed by atoms with van der Waals surface area (Å²) in [5.41, 5.74) is 2.76. The Morgan fingerprint density at radius 3 is 2.07 bits per heavy atom. The van der Waals surface area contributed by atoms with E-state index in [0.717, 1.165) is 16.7 Å². The molecule has 0 aliphatic heterocycles. The van der Waals surface area contributed by atoms with Crippen LogP contribution in [-0.4, -0.2) is 40.1 Å². The van der Waals surface area contributed by atoms with Crippen molar-refractivity contribution in [3.8, 4) is 0 Å². The Morgan fingerprint density at radius 1 is 0.826 bits per heavy atom. The smallest absolute Gasteiger partial charge is 0.408 e. The number of aliphatic hydroxyl groups excluding tert-OH is 1. The van der Waals surface area contributed by atoms with Crippen molar-refractivity contribution in [1.29, 1.82) is 0 Å². The standard InChI is InChI=1S/C36H42N4O6/c1-24(2)21-30(40-36(44)46-22-27-15-9-5-10-16-27)33(42)38-29(20-19-26-13-7-4-8-14-26)32(41)35-39-31(23-45-35)34(43)37-25(3)28-17-11-6-12-18-28/h4-18,23-25,29-30,32,41H,19-22H2,1-3H3,(H,37,43)(H,38,42)(H,40,44)/t25-,29?,30?,32?/m1/s1. The lowest BCUT2D eigenvalue weighted by atomic mass is 9.99. The number of nitrogens with zero attached hydrogens (tertiary/aromatic N) is 1. The highest BCUT2D eigenvalue weighted by Gasteiger charge is 2.31. The molecular formula is C36H42N4O6. The Morgan fingerprint density at radius 2 is 1.43 bits per heavy atom. The van der Waals surface area contributed by atoms with E-state index in [4.69, 9.17) is 9.15 Å². The minimum atomic E-state index is -1.37. The number of benzene rings is 3. The highest BCUT2D eigenvalue weighted by molar-refractivity contribution is 5.92. The van der Waals surface area contributed by atoms with E-state index in [1.54, 1.807) is 0 Å². The van der Waals surface area contributed by atoms with Gasteiger partial charge in [0, 0.05) is 0 Å². The molecular weight excluding hydrogens is 584 g/mol. The molecule has 0 saturated carbocycles. The van der Waals surface area contributed by atoms with Crippen LogP contribution >= 0.6 is 0 Å². The predicted molar refractivity (Wildman–Crippen MR) is 173 cm³/mol. The Hall–Kier alpha value is -4.96. The Balaban J connectivity index is 1.46. The van der Waals surface area contributed by atoms with Crippen LogP contribution in [0.4, 0.5) is 4.79 Å². The van der Waals surface area contributed by atoms with Gasteiger partial charge < -0.3 is 30.2 Å². The molecule has 3 amide bonds. The van der Waals surface area contributed by atoms with Crippen molar-refractivity contribution in [3.05, 3.63) is 126 Å². The summed E-state index contributed by atoms with van der Waals surface area (Å²) in [6.07, 6.45) is 0.306. The number of aliphatic hydroxyl groups is 1. The molecule has 4 aromatic rings. The van der Waals surface area contributed by atoms with Crippen LogP contribution in [0.1, 0.15) is 78.8 Å². The molecule has 3 aromatic carbocycles. The van der Waals surface area contributed by atoms with Crippen molar-refractivity contribution in [3.63, 3.8) is 0 Å². The molecule has 4 atom stereocenters. The first-order valence-corrected chi connectivity index (χ1v) is 15.5. The number of hydrogen-bond donors (Lipinski definition) is 4. The van der Waals surface area contributed by atoms with E-state index >= 15 is 0 Å². The quantitative estimate of drug-likeness (QED) is 0.133. The van der Waals surface area contributed by atoms with Gasteiger partial charge in [0.05, 0.1) is 12.1 Å². The van der Waals surface area contributed by atoms with E-state index in [1.165, 1.54) is 6.26 Å². The van der Waals surface area contributed by atoms with Gasteiger partial charge in [-0.2, -0.15) is 0 Å². The number of aromatic nitrogens is 1. The van der Waals surface area contributed by atoms with Crippen LogP contribution in [0.15, 0.2) is 102 Å². The second-order valence-electron chi connectivity index (χ2n) is 11.6. The van der Waals surface area contributed by atoms with Gasteiger partial charge in [0.1, 0.15) is 18.9 Å². The molecule has 4 rings (SSSR count). The zero-order valence-corrected chi connectivity index (χ0v) is 26.4. The molecule has 46 heavy (non-hydrogen) atoms. The van der Waals surface area contributed by atoms with Gasteiger partial charge in [-0.1, -0.05) is 105 Å². The second kappa shape index (κ2) is 16.9. The molecule has 0 aliphatic rings. The van der Waals surface area contributed by atoms with E-state index < -0.39 is 36.1 Å². The molecule has 3 unspecified atom stereocenters. The van der Waals surface area contributed by atoms with Gasteiger partial charge in [0.15, 0.2) is 11.8 Å². The van der Waals surface area contributed by atoms with Crippen LogP contribution in [0, 0.1) is 5.92 Å². The Labute approximate surface area is 269 Å². The van der Waals surface area contributed by atoms with E-state index in [-0.39, 0.29) is 30.2 Å². The maximum Gasteiger partial charge on any atom is 0.408 e. The molecule has 4 N–H and O–H groups in total. The topological polar surface area (TPSA) is 143 Å². The minimum Gasteiger partial charge on any atom is -0.445 e. The first kappa shape index (κ1) is 33.9.